The summed E-state index contributed by atoms with van der Waals surface area (Å²) in [6, 6.07) is 21.4. The molecule has 0 radical (unpaired) electrons. The predicted molar refractivity (Wildman–Crippen MR) is 99.7 cm³/mol. The van der Waals surface area contributed by atoms with Crippen molar-refractivity contribution >= 4 is 0 Å². The Morgan fingerprint density at radius 2 is 1.25 bits per heavy atom. The van der Waals surface area contributed by atoms with E-state index in [0.717, 1.165) is 12.8 Å². The van der Waals surface area contributed by atoms with Gasteiger partial charge in [0.15, 0.2) is 0 Å². The van der Waals surface area contributed by atoms with Crippen LogP contribution < -0.4 is 5.32 Å². The Morgan fingerprint density at radius 3 is 1.62 bits per heavy atom. The first-order chi connectivity index (χ1) is 11.6. The number of hydrogen-bond acceptors (Lipinski definition) is 2. The SMILES string of the molecule is CCCC1(O)[C@@H](C)[C@H](c2ccccc2)N[C@@H](c2ccccc2)[C@@H]1C. The lowest BCUT2D eigenvalue weighted by atomic mass is 9.64. The van der Waals surface area contributed by atoms with Crippen molar-refractivity contribution in [3.63, 3.8) is 0 Å². The lowest BCUT2D eigenvalue weighted by molar-refractivity contribution is -0.116. The third-order valence-corrected chi connectivity index (χ3v) is 5.90. The number of nitrogens with one attached hydrogen (secondary N) is 1. The maximum atomic E-state index is 11.6. The molecule has 2 nitrogen and oxygen atoms in total. The van der Waals surface area contributed by atoms with Gasteiger partial charge < -0.3 is 10.4 Å². The number of benzene rings is 2. The molecule has 3 rings (SSSR count). The van der Waals surface area contributed by atoms with Crippen LogP contribution in [0.4, 0.5) is 0 Å². The quantitative estimate of drug-likeness (QED) is 0.841. The summed E-state index contributed by atoms with van der Waals surface area (Å²) in [5, 5.41) is 15.5. The molecule has 0 aromatic heterocycles. The molecule has 4 atom stereocenters. The molecular formula is C22H29NO. The van der Waals surface area contributed by atoms with E-state index in [1.165, 1.54) is 11.1 Å². The summed E-state index contributed by atoms with van der Waals surface area (Å²) >= 11 is 0. The third-order valence-electron chi connectivity index (χ3n) is 5.90. The fourth-order valence-electron chi connectivity index (χ4n) is 4.42. The largest absolute Gasteiger partial charge is 0.389 e. The van der Waals surface area contributed by atoms with Crippen molar-refractivity contribution in [3.05, 3.63) is 71.8 Å². The second-order valence-corrected chi connectivity index (χ2v) is 7.26. The first-order valence-corrected chi connectivity index (χ1v) is 9.16. The van der Waals surface area contributed by atoms with E-state index in [1.54, 1.807) is 0 Å². The summed E-state index contributed by atoms with van der Waals surface area (Å²) in [6.07, 6.45) is 1.83. The summed E-state index contributed by atoms with van der Waals surface area (Å²) in [6.45, 7) is 6.55. The van der Waals surface area contributed by atoms with Gasteiger partial charge in [-0.15, -0.1) is 0 Å². The maximum absolute atomic E-state index is 11.6. The number of rotatable bonds is 4. The Morgan fingerprint density at radius 1 is 0.833 bits per heavy atom. The minimum Gasteiger partial charge on any atom is -0.389 e. The second-order valence-electron chi connectivity index (χ2n) is 7.26. The van der Waals surface area contributed by atoms with Gasteiger partial charge in [0.2, 0.25) is 0 Å². The van der Waals surface area contributed by atoms with Gasteiger partial charge in [0, 0.05) is 23.9 Å². The number of aliphatic hydroxyl groups is 1. The van der Waals surface area contributed by atoms with E-state index < -0.39 is 5.60 Å². The molecule has 2 N–H and O–H groups in total. The first-order valence-electron chi connectivity index (χ1n) is 9.16. The average Bonchev–Trinajstić information content (AvgIpc) is 2.62. The van der Waals surface area contributed by atoms with Gasteiger partial charge >= 0.3 is 0 Å². The Bertz CT molecular complexity index is 588. The Kier molecular flexibility index (Phi) is 5.07. The summed E-state index contributed by atoms with van der Waals surface area (Å²) in [4.78, 5) is 0. The predicted octanol–water partition coefficient (Wildman–Crippen LogP) is 4.88. The van der Waals surface area contributed by atoms with Crippen molar-refractivity contribution in [2.75, 3.05) is 0 Å². The third kappa shape index (κ3) is 3.01. The fourth-order valence-corrected chi connectivity index (χ4v) is 4.42. The minimum atomic E-state index is -0.666. The fraction of sp³-hybridized carbons (Fsp3) is 0.455. The zero-order valence-corrected chi connectivity index (χ0v) is 14.9. The molecule has 0 amide bonds. The van der Waals surface area contributed by atoms with Crippen LogP contribution in [0.25, 0.3) is 0 Å². The Balaban J connectivity index is 2.02. The Labute approximate surface area is 145 Å². The molecular weight excluding hydrogens is 294 g/mol. The summed E-state index contributed by atoms with van der Waals surface area (Å²) in [5.41, 5.74) is 1.85. The molecule has 1 saturated heterocycles. The van der Waals surface area contributed by atoms with Crippen LogP contribution in [0.1, 0.15) is 56.8 Å². The van der Waals surface area contributed by atoms with E-state index in [4.69, 9.17) is 0 Å². The molecule has 2 aromatic rings. The molecule has 1 aliphatic rings. The van der Waals surface area contributed by atoms with E-state index in [1.807, 2.05) is 12.1 Å². The molecule has 2 heteroatoms. The molecule has 1 aliphatic heterocycles. The van der Waals surface area contributed by atoms with Gasteiger partial charge in [-0.3, -0.25) is 0 Å². The van der Waals surface area contributed by atoms with Crippen LogP contribution in [-0.2, 0) is 0 Å². The molecule has 24 heavy (non-hydrogen) atoms. The zero-order valence-electron chi connectivity index (χ0n) is 14.9. The van der Waals surface area contributed by atoms with Crippen molar-refractivity contribution in [3.8, 4) is 0 Å². The topological polar surface area (TPSA) is 32.3 Å². The zero-order chi connectivity index (χ0) is 17.2. The van der Waals surface area contributed by atoms with Gasteiger partial charge in [0.25, 0.3) is 0 Å². The molecule has 128 valence electrons. The highest BCUT2D eigenvalue weighted by Crippen LogP contribution is 2.48. The van der Waals surface area contributed by atoms with Gasteiger partial charge in [-0.05, 0) is 17.5 Å². The number of hydrogen-bond donors (Lipinski definition) is 2. The van der Waals surface area contributed by atoms with Crippen LogP contribution >= 0.6 is 0 Å². The van der Waals surface area contributed by atoms with Gasteiger partial charge in [-0.2, -0.15) is 0 Å². The molecule has 1 heterocycles. The van der Waals surface area contributed by atoms with Crippen LogP contribution in [0.5, 0.6) is 0 Å². The molecule has 1 fully saturated rings. The van der Waals surface area contributed by atoms with Crippen LogP contribution in [0.3, 0.4) is 0 Å². The van der Waals surface area contributed by atoms with Gasteiger partial charge in [-0.1, -0.05) is 87.9 Å². The molecule has 2 aromatic carbocycles. The maximum Gasteiger partial charge on any atom is 0.0734 e. The van der Waals surface area contributed by atoms with E-state index in [-0.39, 0.29) is 23.9 Å². The van der Waals surface area contributed by atoms with Crippen LogP contribution in [0, 0.1) is 11.8 Å². The smallest absolute Gasteiger partial charge is 0.0734 e. The van der Waals surface area contributed by atoms with E-state index in [9.17, 15) is 5.11 Å². The number of piperidine rings is 1. The molecule has 0 unspecified atom stereocenters. The van der Waals surface area contributed by atoms with Gasteiger partial charge in [0.05, 0.1) is 5.60 Å². The molecule has 0 spiro atoms. The Hall–Kier alpha value is -1.64. The average molecular weight is 323 g/mol. The highest BCUT2D eigenvalue weighted by Gasteiger charge is 2.50. The van der Waals surface area contributed by atoms with Crippen molar-refractivity contribution in [2.24, 2.45) is 11.8 Å². The molecule has 0 aliphatic carbocycles. The first kappa shape index (κ1) is 17.2. The highest BCUT2D eigenvalue weighted by atomic mass is 16.3. The summed E-state index contributed by atoms with van der Waals surface area (Å²) < 4.78 is 0. The van der Waals surface area contributed by atoms with Gasteiger partial charge in [0.1, 0.15) is 0 Å². The van der Waals surface area contributed by atoms with Crippen molar-refractivity contribution in [1.29, 1.82) is 0 Å². The highest BCUT2D eigenvalue weighted by molar-refractivity contribution is 5.27. The molecule has 0 saturated carbocycles. The summed E-state index contributed by atoms with van der Waals surface area (Å²) in [5.74, 6) is 0.324. The van der Waals surface area contributed by atoms with Crippen molar-refractivity contribution in [2.45, 2.75) is 51.3 Å². The van der Waals surface area contributed by atoms with Crippen molar-refractivity contribution in [1.82, 2.24) is 5.32 Å². The normalized spacial score (nSPS) is 33.3. The molecule has 0 bridgehead atoms. The second kappa shape index (κ2) is 7.08. The van der Waals surface area contributed by atoms with Gasteiger partial charge in [-0.25, -0.2) is 0 Å². The minimum absolute atomic E-state index is 0.157. The summed E-state index contributed by atoms with van der Waals surface area (Å²) in [7, 11) is 0. The monoisotopic (exact) mass is 323 g/mol. The van der Waals surface area contributed by atoms with E-state index >= 15 is 0 Å². The van der Waals surface area contributed by atoms with Crippen LogP contribution in [0.2, 0.25) is 0 Å². The van der Waals surface area contributed by atoms with Crippen LogP contribution in [-0.4, -0.2) is 10.7 Å². The van der Waals surface area contributed by atoms with E-state index in [2.05, 4.69) is 74.6 Å². The van der Waals surface area contributed by atoms with E-state index in [0.29, 0.717) is 0 Å². The standard InChI is InChI=1S/C22H29NO/c1-4-15-22(24)16(2)20(18-11-7-5-8-12-18)23-21(17(22)3)19-13-9-6-10-14-19/h5-14,16-17,20-21,23-24H,4,15H2,1-3H3/t16-,17-,20+,21+/m0/s1. The lowest BCUT2D eigenvalue weighted by Gasteiger charge is -2.52. The van der Waals surface area contributed by atoms with Crippen molar-refractivity contribution < 1.29 is 5.11 Å². The van der Waals surface area contributed by atoms with Crippen LogP contribution in [0.15, 0.2) is 60.7 Å². The lowest BCUT2D eigenvalue weighted by Crippen LogP contribution is -2.57.